The van der Waals surface area contributed by atoms with Crippen molar-refractivity contribution in [2.75, 3.05) is 13.6 Å². The van der Waals surface area contributed by atoms with Gasteiger partial charge in [-0.3, -0.25) is 4.79 Å². The van der Waals surface area contributed by atoms with Crippen molar-refractivity contribution in [3.63, 3.8) is 0 Å². The quantitative estimate of drug-likeness (QED) is 0.846. The normalized spacial score (nSPS) is 12.3. The Morgan fingerprint density at radius 1 is 1.62 bits per heavy atom. The third kappa shape index (κ3) is 3.33. The van der Waals surface area contributed by atoms with Crippen LogP contribution in [0.3, 0.4) is 0 Å². The predicted molar refractivity (Wildman–Crippen MR) is 62.9 cm³/mol. The van der Waals surface area contributed by atoms with Crippen molar-refractivity contribution in [3.05, 3.63) is 28.0 Å². The molecule has 0 spiro atoms. The van der Waals surface area contributed by atoms with Crippen LogP contribution >= 0.6 is 23.2 Å². The summed E-state index contributed by atoms with van der Waals surface area (Å²) in [4.78, 5) is 17.0. The van der Waals surface area contributed by atoms with Crippen molar-refractivity contribution in [1.29, 1.82) is 0 Å². The summed E-state index contributed by atoms with van der Waals surface area (Å²) < 4.78 is 0. The molecule has 1 aromatic rings. The Kier molecular flexibility index (Phi) is 4.53. The van der Waals surface area contributed by atoms with Crippen LogP contribution in [0.2, 0.25) is 10.2 Å². The summed E-state index contributed by atoms with van der Waals surface area (Å²) in [6, 6.07) is 1.46. The second-order valence-corrected chi connectivity index (χ2v) is 4.30. The number of hydrogen-bond donors (Lipinski definition) is 1. The van der Waals surface area contributed by atoms with Crippen LogP contribution in [0, 0.1) is 0 Å². The molecule has 1 unspecified atom stereocenters. The largest absolute Gasteiger partial charge is 0.392 e. The lowest BCUT2D eigenvalue weighted by molar-refractivity contribution is 0.0703. The van der Waals surface area contributed by atoms with Gasteiger partial charge in [-0.2, -0.15) is 0 Å². The highest BCUT2D eigenvalue weighted by Gasteiger charge is 2.14. The number of aliphatic hydroxyl groups is 1. The zero-order valence-corrected chi connectivity index (χ0v) is 10.5. The Morgan fingerprint density at radius 3 is 2.75 bits per heavy atom. The molecule has 0 saturated heterocycles. The topological polar surface area (TPSA) is 53.4 Å². The fourth-order valence-electron chi connectivity index (χ4n) is 1.24. The molecule has 0 fully saturated rings. The van der Waals surface area contributed by atoms with E-state index in [0.29, 0.717) is 5.56 Å². The van der Waals surface area contributed by atoms with Crippen molar-refractivity contribution in [2.45, 2.75) is 13.0 Å². The number of aliphatic hydroxyl groups excluding tert-OH is 1. The fourth-order valence-corrected chi connectivity index (χ4v) is 1.51. The first-order chi connectivity index (χ1) is 7.41. The smallest absolute Gasteiger partial charge is 0.255 e. The number of carbonyl (C=O) groups is 1. The minimum Gasteiger partial charge on any atom is -0.392 e. The van der Waals surface area contributed by atoms with Gasteiger partial charge in [-0.25, -0.2) is 4.98 Å². The number of aromatic nitrogens is 1. The van der Waals surface area contributed by atoms with Crippen LogP contribution < -0.4 is 0 Å². The standard InChI is InChI=1S/C10H12Cl2N2O2/c1-6(15)5-14(2)10(16)7-3-8(11)9(12)13-4-7/h3-4,6,15H,5H2,1-2H3. The molecule has 1 heterocycles. The Hall–Kier alpha value is -0.840. The van der Waals surface area contributed by atoms with E-state index in [1.165, 1.54) is 17.2 Å². The molecule has 0 bridgehead atoms. The van der Waals surface area contributed by atoms with Crippen LogP contribution in [0.1, 0.15) is 17.3 Å². The molecule has 0 aliphatic carbocycles. The number of nitrogens with zero attached hydrogens (tertiary/aromatic N) is 2. The molecule has 0 aliphatic heterocycles. The maximum absolute atomic E-state index is 11.8. The van der Waals surface area contributed by atoms with Gasteiger partial charge in [-0.1, -0.05) is 23.2 Å². The first-order valence-corrected chi connectivity index (χ1v) is 5.42. The summed E-state index contributed by atoms with van der Waals surface area (Å²) in [6.07, 6.45) is 0.777. The Balaban J connectivity index is 2.84. The van der Waals surface area contributed by atoms with Crippen LogP contribution in [0.15, 0.2) is 12.3 Å². The third-order valence-electron chi connectivity index (χ3n) is 1.93. The molecule has 1 N–H and O–H groups in total. The lowest BCUT2D eigenvalue weighted by Crippen LogP contribution is -2.33. The molecular weight excluding hydrogens is 251 g/mol. The molecule has 0 aromatic carbocycles. The number of amides is 1. The Bertz CT molecular complexity index is 396. The second-order valence-electron chi connectivity index (χ2n) is 3.53. The van der Waals surface area contributed by atoms with Crippen LogP contribution in [0.25, 0.3) is 0 Å². The predicted octanol–water partition coefficient (Wildman–Crippen LogP) is 1.84. The molecule has 16 heavy (non-hydrogen) atoms. The first-order valence-electron chi connectivity index (χ1n) is 4.66. The number of pyridine rings is 1. The highest BCUT2D eigenvalue weighted by Crippen LogP contribution is 2.20. The van der Waals surface area contributed by atoms with Crippen LogP contribution in [0.5, 0.6) is 0 Å². The summed E-state index contributed by atoms with van der Waals surface area (Å²) >= 11 is 11.4. The van der Waals surface area contributed by atoms with Gasteiger partial charge in [0.25, 0.3) is 5.91 Å². The highest BCUT2D eigenvalue weighted by atomic mass is 35.5. The van der Waals surface area contributed by atoms with E-state index < -0.39 is 6.10 Å². The Labute approximate surface area is 104 Å². The average molecular weight is 263 g/mol. The van der Waals surface area contributed by atoms with Gasteiger partial charge in [0, 0.05) is 19.8 Å². The van der Waals surface area contributed by atoms with E-state index >= 15 is 0 Å². The fraction of sp³-hybridized carbons (Fsp3) is 0.400. The number of likely N-dealkylation sites (N-methyl/N-ethyl adjacent to an activating group) is 1. The monoisotopic (exact) mass is 262 g/mol. The van der Waals surface area contributed by atoms with Crippen molar-refractivity contribution < 1.29 is 9.90 Å². The molecular formula is C10H12Cl2N2O2. The van der Waals surface area contributed by atoms with E-state index in [1.54, 1.807) is 14.0 Å². The number of carbonyl (C=O) groups excluding carboxylic acids is 1. The van der Waals surface area contributed by atoms with Gasteiger partial charge >= 0.3 is 0 Å². The lowest BCUT2D eigenvalue weighted by atomic mass is 10.2. The molecule has 0 aliphatic rings. The van der Waals surface area contributed by atoms with Gasteiger partial charge in [0.2, 0.25) is 0 Å². The maximum atomic E-state index is 11.8. The average Bonchev–Trinajstić information content (AvgIpc) is 2.20. The minimum absolute atomic E-state index is 0.163. The number of hydrogen-bond acceptors (Lipinski definition) is 3. The van der Waals surface area contributed by atoms with Gasteiger partial charge in [0.15, 0.2) is 0 Å². The van der Waals surface area contributed by atoms with Gasteiger partial charge in [-0.05, 0) is 13.0 Å². The summed E-state index contributed by atoms with van der Waals surface area (Å²) in [5.41, 5.74) is 0.345. The minimum atomic E-state index is -0.579. The number of halogens is 2. The van der Waals surface area contributed by atoms with Gasteiger partial charge in [0.1, 0.15) is 5.15 Å². The second kappa shape index (κ2) is 5.48. The highest BCUT2D eigenvalue weighted by molar-refractivity contribution is 6.41. The zero-order valence-electron chi connectivity index (χ0n) is 8.94. The zero-order chi connectivity index (χ0) is 12.3. The van der Waals surface area contributed by atoms with Gasteiger partial charge in [0.05, 0.1) is 16.7 Å². The molecule has 1 amide bonds. The SMILES string of the molecule is CC(O)CN(C)C(=O)c1cnc(Cl)c(Cl)c1. The van der Waals surface area contributed by atoms with Gasteiger partial charge < -0.3 is 10.0 Å². The molecule has 0 radical (unpaired) electrons. The van der Waals surface area contributed by atoms with E-state index in [4.69, 9.17) is 28.3 Å². The third-order valence-corrected chi connectivity index (χ3v) is 2.61. The summed E-state index contributed by atoms with van der Waals surface area (Å²) in [6.45, 7) is 1.86. The van der Waals surface area contributed by atoms with E-state index in [-0.39, 0.29) is 22.6 Å². The lowest BCUT2D eigenvalue weighted by Gasteiger charge is -2.18. The molecule has 1 atom stereocenters. The first kappa shape index (κ1) is 13.2. The molecule has 0 saturated carbocycles. The maximum Gasteiger partial charge on any atom is 0.255 e. The summed E-state index contributed by atoms with van der Waals surface area (Å²) in [5, 5.41) is 9.56. The summed E-state index contributed by atoms with van der Waals surface area (Å²) in [7, 11) is 1.59. The molecule has 4 nitrogen and oxygen atoms in total. The van der Waals surface area contributed by atoms with E-state index in [0.717, 1.165) is 0 Å². The molecule has 1 rings (SSSR count). The van der Waals surface area contributed by atoms with Crippen LogP contribution in [0.4, 0.5) is 0 Å². The molecule has 1 aromatic heterocycles. The van der Waals surface area contributed by atoms with Gasteiger partial charge in [-0.15, -0.1) is 0 Å². The van der Waals surface area contributed by atoms with Crippen molar-refractivity contribution in [2.24, 2.45) is 0 Å². The Morgan fingerprint density at radius 2 is 2.25 bits per heavy atom. The van der Waals surface area contributed by atoms with Crippen molar-refractivity contribution >= 4 is 29.1 Å². The molecule has 6 heteroatoms. The molecule has 88 valence electrons. The van der Waals surface area contributed by atoms with E-state index in [2.05, 4.69) is 4.98 Å². The number of rotatable bonds is 3. The summed E-state index contributed by atoms with van der Waals surface area (Å²) in [5.74, 6) is -0.257. The van der Waals surface area contributed by atoms with Crippen LogP contribution in [-0.2, 0) is 0 Å². The van der Waals surface area contributed by atoms with Crippen LogP contribution in [-0.4, -0.2) is 40.6 Å². The van der Waals surface area contributed by atoms with Crippen molar-refractivity contribution in [3.8, 4) is 0 Å². The van der Waals surface area contributed by atoms with Crippen molar-refractivity contribution in [1.82, 2.24) is 9.88 Å². The van der Waals surface area contributed by atoms with E-state index in [9.17, 15) is 4.79 Å². The van der Waals surface area contributed by atoms with E-state index in [1.807, 2.05) is 0 Å².